The molecule has 0 amide bonds. The van der Waals surface area contributed by atoms with Crippen LogP contribution in [0.25, 0.3) is 11.0 Å². The number of hydrogen-bond donors (Lipinski definition) is 0. The number of carbonyl (C=O) groups is 1. The highest BCUT2D eigenvalue weighted by Gasteiger charge is 2.11. The molecule has 0 saturated heterocycles. The number of esters is 1. The van der Waals surface area contributed by atoms with Crippen molar-refractivity contribution in [3.05, 3.63) is 80.4 Å². The number of benzene rings is 2. The molecule has 1 aromatic heterocycles. The number of carbonyl (C=O) groups excluding carboxylic acids is 1. The minimum Gasteiger partial charge on any atom is -0.461 e. The van der Waals surface area contributed by atoms with Gasteiger partial charge in [-0.15, -0.1) is 0 Å². The van der Waals surface area contributed by atoms with Crippen LogP contribution in [0.5, 0.6) is 0 Å². The summed E-state index contributed by atoms with van der Waals surface area (Å²) in [4.78, 5) is 23.7. The van der Waals surface area contributed by atoms with E-state index in [9.17, 15) is 14.0 Å². The molecule has 4 nitrogen and oxygen atoms in total. The molecule has 0 N–H and O–H groups in total. The van der Waals surface area contributed by atoms with E-state index in [1.807, 2.05) is 0 Å². The van der Waals surface area contributed by atoms with Crippen LogP contribution in [0.3, 0.4) is 0 Å². The van der Waals surface area contributed by atoms with Gasteiger partial charge < -0.3 is 9.15 Å². The van der Waals surface area contributed by atoms with E-state index < -0.39 is 11.6 Å². The van der Waals surface area contributed by atoms with Gasteiger partial charge in [0, 0.05) is 22.0 Å². The van der Waals surface area contributed by atoms with Gasteiger partial charge in [0.05, 0.1) is 6.42 Å². The highest BCUT2D eigenvalue weighted by Crippen LogP contribution is 2.25. The van der Waals surface area contributed by atoms with Crippen molar-refractivity contribution in [2.75, 3.05) is 0 Å². The Morgan fingerprint density at radius 1 is 1.20 bits per heavy atom. The molecule has 2 aromatic carbocycles. The van der Waals surface area contributed by atoms with Crippen LogP contribution in [-0.4, -0.2) is 5.97 Å². The molecule has 0 spiro atoms. The van der Waals surface area contributed by atoms with Crippen LogP contribution in [0, 0.1) is 12.7 Å². The molecule has 0 aliphatic rings. The summed E-state index contributed by atoms with van der Waals surface area (Å²) in [5.74, 6) is -0.849. The lowest BCUT2D eigenvalue weighted by atomic mass is 10.1. The number of aryl methyl sites for hydroxylation is 1. The van der Waals surface area contributed by atoms with Crippen molar-refractivity contribution in [3.63, 3.8) is 0 Å². The number of halogens is 2. The Bertz CT molecular complexity index is 993. The second kappa shape index (κ2) is 7.07. The topological polar surface area (TPSA) is 56.5 Å². The predicted octanol–water partition coefficient (Wildman–Crippen LogP) is 4.18. The fourth-order valence-electron chi connectivity index (χ4n) is 2.45. The third kappa shape index (κ3) is 4.06. The first-order valence-electron chi connectivity index (χ1n) is 7.55. The normalized spacial score (nSPS) is 10.8. The van der Waals surface area contributed by atoms with E-state index in [1.165, 1.54) is 30.3 Å². The largest absolute Gasteiger partial charge is 0.461 e. The Morgan fingerprint density at radius 2 is 1.92 bits per heavy atom. The van der Waals surface area contributed by atoms with Crippen molar-refractivity contribution in [1.82, 2.24) is 0 Å². The zero-order valence-corrected chi connectivity index (χ0v) is 14.1. The number of ether oxygens (including phenoxy) is 1. The van der Waals surface area contributed by atoms with Crippen molar-refractivity contribution in [2.45, 2.75) is 20.0 Å². The molecule has 0 aliphatic carbocycles. The first-order chi connectivity index (χ1) is 11.9. The summed E-state index contributed by atoms with van der Waals surface area (Å²) in [7, 11) is 0. The van der Waals surface area contributed by atoms with Crippen molar-refractivity contribution in [3.8, 4) is 0 Å². The van der Waals surface area contributed by atoms with E-state index in [2.05, 4.69) is 0 Å². The molecule has 0 fully saturated rings. The van der Waals surface area contributed by atoms with Gasteiger partial charge in [0.25, 0.3) is 0 Å². The van der Waals surface area contributed by atoms with Gasteiger partial charge in [0.2, 0.25) is 0 Å². The monoisotopic (exact) mass is 360 g/mol. The standard InChI is InChI=1S/C19H14ClFO4/c1-11-6-17-15(9-16(11)20)13(8-19(23)25-17)10-24-18(22)7-12-2-4-14(21)5-3-12/h2-6,8-9H,7,10H2,1H3. The van der Waals surface area contributed by atoms with E-state index in [4.69, 9.17) is 20.8 Å². The van der Waals surface area contributed by atoms with Gasteiger partial charge in [-0.3, -0.25) is 4.79 Å². The Balaban J connectivity index is 1.78. The molecule has 0 atom stereocenters. The molecule has 0 saturated carbocycles. The van der Waals surface area contributed by atoms with Gasteiger partial charge >= 0.3 is 11.6 Å². The van der Waals surface area contributed by atoms with Crippen LogP contribution in [-0.2, 0) is 22.6 Å². The van der Waals surface area contributed by atoms with Crippen LogP contribution in [0.4, 0.5) is 4.39 Å². The molecule has 0 aliphatic heterocycles. The number of fused-ring (bicyclic) bond motifs is 1. The Kier molecular flexibility index (Phi) is 4.86. The highest BCUT2D eigenvalue weighted by molar-refractivity contribution is 6.32. The molecule has 1 heterocycles. The SMILES string of the molecule is Cc1cc2oc(=O)cc(COC(=O)Cc3ccc(F)cc3)c2cc1Cl. The van der Waals surface area contributed by atoms with Gasteiger partial charge in [0.1, 0.15) is 18.0 Å². The molecule has 25 heavy (non-hydrogen) atoms. The van der Waals surface area contributed by atoms with Crippen LogP contribution >= 0.6 is 11.6 Å². The third-order valence-electron chi connectivity index (χ3n) is 3.76. The molecule has 3 aromatic rings. The predicted molar refractivity (Wildman–Crippen MR) is 92.1 cm³/mol. The summed E-state index contributed by atoms with van der Waals surface area (Å²) in [6.07, 6.45) is 0.0134. The van der Waals surface area contributed by atoms with Crippen molar-refractivity contribution in [2.24, 2.45) is 0 Å². The van der Waals surface area contributed by atoms with E-state index in [0.29, 0.717) is 27.1 Å². The summed E-state index contributed by atoms with van der Waals surface area (Å²) >= 11 is 6.12. The minimum absolute atomic E-state index is 0.0134. The quantitative estimate of drug-likeness (QED) is 0.517. The van der Waals surface area contributed by atoms with Crippen LogP contribution < -0.4 is 5.63 Å². The second-order valence-electron chi connectivity index (χ2n) is 5.65. The van der Waals surface area contributed by atoms with Crippen LogP contribution in [0.1, 0.15) is 16.7 Å². The summed E-state index contributed by atoms with van der Waals surface area (Å²) < 4.78 is 23.3. The first-order valence-corrected chi connectivity index (χ1v) is 7.93. The molecule has 0 unspecified atom stereocenters. The van der Waals surface area contributed by atoms with Crippen molar-refractivity contribution in [1.29, 1.82) is 0 Å². The Labute approximate surface area is 147 Å². The zero-order valence-electron chi connectivity index (χ0n) is 13.3. The van der Waals surface area contributed by atoms with E-state index in [1.54, 1.807) is 19.1 Å². The van der Waals surface area contributed by atoms with Crippen LogP contribution in [0.2, 0.25) is 5.02 Å². The lowest BCUT2D eigenvalue weighted by Gasteiger charge is -2.09. The van der Waals surface area contributed by atoms with Crippen molar-refractivity contribution >= 4 is 28.5 Å². The maximum atomic E-state index is 12.9. The maximum Gasteiger partial charge on any atom is 0.336 e. The summed E-state index contributed by atoms with van der Waals surface area (Å²) in [6, 6.07) is 10.2. The Hall–Kier alpha value is -2.66. The fraction of sp³-hybridized carbons (Fsp3) is 0.158. The van der Waals surface area contributed by atoms with Gasteiger partial charge in [0.15, 0.2) is 0 Å². The lowest BCUT2D eigenvalue weighted by molar-refractivity contribution is -0.144. The molecule has 128 valence electrons. The number of rotatable bonds is 4. The smallest absolute Gasteiger partial charge is 0.336 e. The first kappa shape index (κ1) is 17.2. The molecular formula is C19H14ClFO4. The fourth-order valence-corrected chi connectivity index (χ4v) is 2.61. The molecular weight excluding hydrogens is 347 g/mol. The summed E-state index contributed by atoms with van der Waals surface area (Å²) in [6.45, 7) is 1.72. The zero-order chi connectivity index (χ0) is 18.0. The van der Waals surface area contributed by atoms with Crippen LogP contribution in [0.15, 0.2) is 51.7 Å². The van der Waals surface area contributed by atoms with E-state index in [-0.39, 0.29) is 18.8 Å². The average Bonchev–Trinajstić information content (AvgIpc) is 2.56. The second-order valence-corrected chi connectivity index (χ2v) is 6.06. The molecule has 0 radical (unpaired) electrons. The summed E-state index contributed by atoms with van der Waals surface area (Å²) in [5, 5.41) is 1.14. The van der Waals surface area contributed by atoms with E-state index in [0.717, 1.165) is 5.56 Å². The lowest BCUT2D eigenvalue weighted by Crippen LogP contribution is -2.10. The Morgan fingerprint density at radius 3 is 2.64 bits per heavy atom. The highest BCUT2D eigenvalue weighted by atomic mass is 35.5. The van der Waals surface area contributed by atoms with Gasteiger partial charge in [-0.2, -0.15) is 0 Å². The summed E-state index contributed by atoms with van der Waals surface area (Å²) in [5.41, 5.74) is 1.80. The minimum atomic E-state index is -0.529. The third-order valence-corrected chi connectivity index (χ3v) is 4.17. The number of hydrogen-bond acceptors (Lipinski definition) is 4. The molecule has 0 bridgehead atoms. The van der Waals surface area contributed by atoms with Gasteiger partial charge in [-0.05, 0) is 42.3 Å². The van der Waals surface area contributed by atoms with Gasteiger partial charge in [-0.1, -0.05) is 23.7 Å². The molecule has 6 heteroatoms. The van der Waals surface area contributed by atoms with E-state index >= 15 is 0 Å². The van der Waals surface area contributed by atoms with Gasteiger partial charge in [-0.25, -0.2) is 9.18 Å². The van der Waals surface area contributed by atoms with Crippen molar-refractivity contribution < 1.29 is 18.3 Å². The molecule has 3 rings (SSSR count). The maximum absolute atomic E-state index is 12.9. The average molecular weight is 361 g/mol.